The van der Waals surface area contributed by atoms with E-state index < -0.39 is 0 Å². The first-order chi connectivity index (χ1) is 12.5. The van der Waals surface area contributed by atoms with Gasteiger partial charge in [0.05, 0.1) is 30.5 Å². The number of hydrogen-bond acceptors (Lipinski definition) is 6. The highest BCUT2D eigenvalue weighted by Gasteiger charge is 2.29. The summed E-state index contributed by atoms with van der Waals surface area (Å²) in [6.07, 6.45) is 0.360. The number of aryl methyl sites for hydroxylation is 3. The van der Waals surface area contributed by atoms with Gasteiger partial charge in [-0.3, -0.25) is 4.79 Å². The van der Waals surface area contributed by atoms with Crippen molar-refractivity contribution in [1.82, 2.24) is 10.5 Å². The van der Waals surface area contributed by atoms with Gasteiger partial charge >= 0.3 is 0 Å². The number of aromatic nitrogens is 1. The standard InChI is InChI=1S/C19H24N2O5/c1-11-4-5-14(17(22)8-11)19(23)20-16-6-7-24-10-18(16)25-9-15-12(2)21-26-13(15)3/h4-5,8,16,18,22H,6-7,9-10H2,1-3H3,(H,20,23)/t16-,18-/m1/s1. The van der Waals surface area contributed by atoms with Crippen LogP contribution in [0.3, 0.4) is 0 Å². The number of nitrogens with one attached hydrogen (secondary N) is 1. The molecule has 1 aliphatic rings. The van der Waals surface area contributed by atoms with E-state index in [0.717, 1.165) is 22.6 Å². The van der Waals surface area contributed by atoms with Crippen LogP contribution >= 0.6 is 0 Å². The van der Waals surface area contributed by atoms with Gasteiger partial charge < -0.3 is 24.4 Å². The molecule has 0 aliphatic carbocycles. The van der Waals surface area contributed by atoms with Crippen LogP contribution in [0.15, 0.2) is 22.7 Å². The molecular formula is C19H24N2O5. The second kappa shape index (κ2) is 7.88. The lowest BCUT2D eigenvalue weighted by molar-refractivity contribution is -0.0739. The molecule has 0 saturated carbocycles. The minimum atomic E-state index is -0.319. The number of phenolic OH excluding ortho intramolecular Hbond substituents is 1. The molecule has 0 spiro atoms. The molecule has 2 heterocycles. The number of aromatic hydroxyl groups is 1. The normalized spacial score (nSPS) is 20.1. The molecule has 0 unspecified atom stereocenters. The second-order valence-electron chi connectivity index (χ2n) is 6.62. The minimum absolute atomic E-state index is 0.0252. The molecule has 1 fully saturated rings. The third kappa shape index (κ3) is 4.05. The van der Waals surface area contributed by atoms with Crippen LogP contribution in [-0.4, -0.2) is 41.5 Å². The van der Waals surface area contributed by atoms with Crippen LogP contribution in [0.25, 0.3) is 0 Å². The number of phenols is 1. The number of benzene rings is 1. The van der Waals surface area contributed by atoms with E-state index in [4.69, 9.17) is 14.0 Å². The summed E-state index contributed by atoms with van der Waals surface area (Å²) in [4.78, 5) is 12.5. The zero-order chi connectivity index (χ0) is 18.7. The van der Waals surface area contributed by atoms with Gasteiger partial charge in [0, 0.05) is 12.2 Å². The number of ether oxygens (including phenoxy) is 2. The average Bonchev–Trinajstić information content (AvgIpc) is 2.92. The Hall–Kier alpha value is -2.38. The van der Waals surface area contributed by atoms with E-state index in [0.29, 0.717) is 26.2 Å². The number of nitrogens with zero attached hydrogens (tertiary/aromatic N) is 1. The Morgan fingerprint density at radius 1 is 1.38 bits per heavy atom. The molecule has 26 heavy (non-hydrogen) atoms. The number of rotatable bonds is 5. The summed E-state index contributed by atoms with van der Waals surface area (Å²) in [5, 5.41) is 16.9. The number of hydrogen-bond donors (Lipinski definition) is 2. The fraction of sp³-hybridized carbons (Fsp3) is 0.474. The third-order valence-corrected chi connectivity index (χ3v) is 4.64. The molecule has 0 radical (unpaired) electrons. The fourth-order valence-corrected chi connectivity index (χ4v) is 3.02. The van der Waals surface area contributed by atoms with E-state index in [2.05, 4.69) is 10.5 Å². The molecule has 1 amide bonds. The summed E-state index contributed by atoms with van der Waals surface area (Å²) in [5.41, 5.74) is 2.86. The zero-order valence-electron chi connectivity index (χ0n) is 15.2. The molecule has 0 bridgehead atoms. The predicted octanol–water partition coefficient (Wildman–Crippen LogP) is 2.41. The molecule has 1 saturated heterocycles. The van der Waals surface area contributed by atoms with Crippen molar-refractivity contribution in [2.24, 2.45) is 0 Å². The Balaban J connectivity index is 1.66. The van der Waals surface area contributed by atoms with Gasteiger partial charge in [0.1, 0.15) is 17.6 Å². The van der Waals surface area contributed by atoms with Crippen molar-refractivity contribution in [3.05, 3.63) is 46.3 Å². The van der Waals surface area contributed by atoms with Crippen molar-refractivity contribution >= 4 is 5.91 Å². The second-order valence-corrected chi connectivity index (χ2v) is 6.62. The Bertz CT molecular complexity index is 767. The molecule has 140 valence electrons. The Kier molecular flexibility index (Phi) is 5.58. The Morgan fingerprint density at radius 2 is 2.19 bits per heavy atom. The van der Waals surface area contributed by atoms with Crippen LogP contribution in [0.5, 0.6) is 5.75 Å². The van der Waals surface area contributed by atoms with E-state index in [1.807, 2.05) is 20.8 Å². The number of carbonyl (C=O) groups is 1. The van der Waals surface area contributed by atoms with Gasteiger partial charge in [0.15, 0.2) is 0 Å². The number of amides is 1. The van der Waals surface area contributed by atoms with Gasteiger partial charge in [-0.1, -0.05) is 11.2 Å². The highest BCUT2D eigenvalue weighted by molar-refractivity contribution is 5.97. The van der Waals surface area contributed by atoms with Crippen LogP contribution in [0, 0.1) is 20.8 Å². The van der Waals surface area contributed by atoms with E-state index in [1.54, 1.807) is 18.2 Å². The van der Waals surface area contributed by atoms with Gasteiger partial charge in [-0.2, -0.15) is 0 Å². The summed E-state index contributed by atoms with van der Waals surface area (Å²) < 4.78 is 16.6. The molecule has 7 nitrogen and oxygen atoms in total. The molecular weight excluding hydrogens is 336 g/mol. The van der Waals surface area contributed by atoms with E-state index in [-0.39, 0.29) is 29.4 Å². The van der Waals surface area contributed by atoms with Gasteiger partial charge in [-0.25, -0.2) is 0 Å². The quantitative estimate of drug-likeness (QED) is 0.850. The fourth-order valence-electron chi connectivity index (χ4n) is 3.02. The lowest BCUT2D eigenvalue weighted by atomic mass is 10.0. The number of carbonyl (C=O) groups excluding carboxylic acids is 1. The van der Waals surface area contributed by atoms with Crippen molar-refractivity contribution < 1.29 is 23.9 Å². The molecule has 2 aromatic rings. The molecule has 7 heteroatoms. The topological polar surface area (TPSA) is 93.8 Å². The molecule has 1 aromatic heterocycles. The summed E-state index contributed by atoms with van der Waals surface area (Å²) in [6, 6.07) is 4.80. The van der Waals surface area contributed by atoms with Gasteiger partial charge in [-0.05, 0) is 44.9 Å². The first kappa shape index (κ1) is 18.4. The maximum atomic E-state index is 12.5. The highest BCUT2D eigenvalue weighted by atomic mass is 16.5. The summed E-state index contributed by atoms with van der Waals surface area (Å²) >= 11 is 0. The van der Waals surface area contributed by atoms with Crippen molar-refractivity contribution in [3.63, 3.8) is 0 Å². The van der Waals surface area contributed by atoms with Crippen molar-refractivity contribution in [3.8, 4) is 5.75 Å². The summed E-state index contributed by atoms with van der Waals surface area (Å²) in [6.45, 7) is 6.86. The SMILES string of the molecule is Cc1ccc(C(=O)N[C@@H]2CCOC[C@H]2OCc2c(C)noc2C)c(O)c1. The first-order valence-corrected chi connectivity index (χ1v) is 8.67. The zero-order valence-corrected chi connectivity index (χ0v) is 15.2. The molecule has 2 atom stereocenters. The third-order valence-electron chi connectivity index (χ3n) is 4.64. The maximum absolute atomic E-state index is 12.5. The van der Waals surface area contributed by atoms with Crippen LogP contribution < -0.4 is 5.32 Å². The lowest BCUT2D eigenvalue weighted by Gasteiger charge is -2.32. The smallest absolute Gasteiger partial charge is 0.255 e. The molecule has 3 rings (SSSR count). The van der Waals surface area contributed by atoms with Crippen LogP contribution in [-0.2, 0) is 16.1 Å². The lowest BCUT2D eigenvalue weighted by Crippen LogP contribution is -2.50. The van der Waals surface area contributed by atoms with Crippen LogP contribution in [0.1, 0.15) is 39.4 Å². The van der Waals surface area contributed by atoms with E-state index in [1.165, 1.54) is 0 Å². The van der Waals surface area contributed by atoms with Gasteiger partial charge in [0.25, 0.3) is 5.91 Å². The molecule has 1 aromatic carbocycles. The van der Waals surface area contributed by atoms with Crippen molar-refractivity contribution in [2.45, 2.75) is 45.9 Å². The van der Waals surface area contributed by atoms with Crippen molar-refractivity contribution in [1.29, 1.82) is 0 Å². The van der Waals surface area contributed by atoms with E-state index >= 15 is 0 Å². The highest BCUT2D eigenvalue weighted by Crippen LogP contribution is 2.21. The molecule has 2 N–H and O–H groups in total. The van der Waals surface area contributed by atoms with Crippen molar-refractivity contribution in [2.75, 3.05) is 13.2 Å². The monoisotopic (exact) mass is 360 g/mol. The Labute approximate surface area is 152 Å². The average molecular weight is 360 g/mol. The largest absolute Gasteiger partial charge is 0.507 e. The van der Waals surface area contributed by atoms with E-state index in [9.17, 15) is 9.90 Å². The summed E-state index contributed by atoms with van der Waals surface area (Å²) in [7, 11) is 0. The van der Waals surface area contributed by atoms with Gasteiger partial charge in [0.2, 0.25) is 0 Å². The maximum Gasteiger partial charge on any atom is 0.255 e. The molecule has 1 aliphatic heterocycles. The minimum Gasteiger partial charge on any atom is -0.507 e. The van der Waals surface area contributed by atoms with Crippen LogP contribution in [0.2, 0.25) is 0 Å². The predicted molar refractivity (Wildman–Crippen MR) is 94.1 cm³/mol. The Morgan fingerprint density at radius 3 is 2.88 bits per heavy atom. The van der Waals surface area contributed by atoms with Gasteiger partial charge in [-0.15, -0.1) is 0 Å². The summed E-state index contributed by atoms with van der Waals surface area (Å²) in [5.74, 6) is 0.382. The first-order valence-electron chi connectivity index (χ1n) is 8.67. The van der Waals surface area contributed by atoms with Crippen LogP contribution in [0.4, 0.5) is 0 Å².